The molecule has 132 valence electrons. The van der Waals surface area contributed by atoms with E-state index in [2.05, 4.69) is 0 Å². The van der Waals surface area contributed by atoms with Crippen molar-refractivity contribution in [3.63, 3.8) is 0 Å². The Labute approximate surface area is 155 Å². The van der Waals surface area contributed by atoms with Crippen molar-refractivity contribution in [3.05, 3.63) is 40.2 Å². The number of fused-ring (bicyclic) bond motifs is 1. The van der Waals surface area contributed by atoms with Crippen LogP contribution < -0.4 is 0 Å². The molecule has 2 heterocycles. The Balaban J connectivity index is 1.61. The zero-order chi connectivity index (χ0) is 17.8. The molecule has 1 aromatic carbocycles. The number of carbonyl (C=O) groups excluding carboxylic acids is 2. The van der Waals surface area contributed by atoms with Gasteiger partial charge in [0, 0.05) is 47.2 Å². The first-order chi connectivity index (χ1) is 12.1. The van der Waals surface area contributed by atoms with E-state index < -0.39 is 0 Å². The van der Waals surface area contributed by atoms with Gasteiger partial charge >= 0.3 is 6.09 Å². The highest BCUT2D eigenvalue weighted by Gasteiger charge is 2.23. The maximum atomic E-state index is 12.4. The number of thiophene rings is 1. The molecule has 1 aliphatic rings. The standard InChI is InChI=1S/C18H19ClN2O3S/c1-2-24-18(23)21-11-9-20(10-12-21)16(22)8-7-15-17(19)13-5-3-4-6-14(13)25-15/h3-8H,2,9-12H2,1H3/b8-7+. The highest BCUT2D eigenvalue weighted by atomic mass is 35.5. The maximum Gasteiger partial charge on any atom is 0.409 e. The number of piperazine rings is 1. The molecule has 7 heteroatoms. The second-order valence-electron chi connectivity index (χ2n) is 5.62. The minimum Gasteiger partial charge on any atom is -0.450 e. The summed E-state index contributed by atoms with van der Waals surface area (Å²) >= 11 is 7.95. The van der Waals surface area contributed by atoms with Crippen LogP contribution in [0.3, 0.4) is 0 Å². The van der Waals surface area contributed by atoms with E-state index in [0.717, 1.165) is 15.0 Å². The first-order valence-electron chi connectivity index (χ1n) is 8.16. The predicted molar refractivity (Wildman–Crippen MR) is 101 cm³/mol. The van der Waals surface area contributed by atoms with Gasteiger partial charge in [-0.05, 0) is 19.1 Å². The number of nitrogens with zero attached hydrogens (tertiary/aromatic N) is 2. The van der Waals surface area contributed by atoms with E-state index in [4.69, 9.17) is 16.3 Å². The van der Waals surface area contributed by atoms with Crippen molar-refractivity contribution in [3.8, 4) is 0 Å². The third kappa shape index (κ3) is 3.96. The fraction of sp³-hybridized carbons (Fsp3) is 0.333. The number of hydrogen-bond donors (Lipinski definition) is 0. The lowest BCUT2D eigenvalue weighted by molar-refractivity contribution is -0.127. The van der Waals surface area contributed by atoms with Crippen LogP contribution in [0.1, 0.15) is 11.8 Å². The fourth-order valence-corrected chi connectivity index (χ4v) is 4.12. The van der Waals surface area contributed by atoms with Crippen LogP contribution in [-0.2, 0) is 9.53 Å². The summed E-state index contributed by atoms with van der Waals surface area (Å²) in [6, 6.07) is 7.90. The number of hydrogen-bond acceptors (Lipinski definition) is 4. The lowest BCUT2D eigenvalue weighted by atomic mass is 10.2. The number of benzene rings is 1. The van der Waals surface area contributed by atoms with Crippen molar-refractivity contribution in [2.45, 2.75) is 6.92 Å². The number of halogens is 1. The quantitative estimate of drug-likeness (QED) is 0.762. The molecule has 0 atom stereocenters. The van der Waals surface area contributed by atoms with Gasteiger partial charge in [-0.15, -0.1) is 11.3 Å². The van der Waals surface area contributed by atoms with Gasteiger partial charge in [-0.3, -0.25) is 4.79 Å². The smallest absolute Gasteiger partial charge is 0.409 e. The fourth-order valence-electron chi connectivity index (χ4n) is 2.72. The van der Waals surface area contributed by atoms with Crippen LogP contribution in [0.4, 0.5) is 4.79 Å². The Morgan fingerprint density at radius 3 is 2.56 bits per heavy atom. The molecular weight excluding hydrogens is 360 g/mol. The summed E-state index contributed by atoms with van der Waals surface area (Å²) in [6.07, 6.45) is 3.01. The first kappa shape index (κ1) is 17.8. The van der Waals surface area contributed by atoms with E-state index in [1.165, 1.54) is 0 Å². The third-order valence-corrected chi connectivity index (χ3v) is 5.71. The van der Waals surface area contributed by atoms with E-state index in [9.17, 15) is 9.59 Å². The minimum absolute atomic E-state index is 0.0722. The summed E-state index contributed by atoms with van der Waals surface area (Å²) < 4.78 is 6.08. The third-order valence-electron chi connectivity index (χ3n) is 4.05. The van der Waals surface area contributed by atoms with E-state index in [-0.39, 0.29) is 12.0 Å². The van der Waals surface area contributed by atoms with E-state index in [1.807, 2.05) is 24.3 Å². The molecule has 2 aromatic rings. The molecule has 1 aliphatic heterocycles. The Morgan fingerprint density at radius 1 is 1.20 bits per heavy atom. The van der Waals surface area contributed by atoms with Gasteiger partial charge in [0.1, 0.15) is 0 Å². The summed E-state index contributed by atoms with van der Waals surface area (Å²) in [5, 5.41) is 1.68. The molecule has 25 heavy (non-hydrogen) atoms. The highest BCUT2D eigenvalue weighted by Crippen LogP contribution is 2.35. The van der Waals surface area contributed by atoms with Crippen molar-refractivity contribution in [1.82, 2.24) is 9.80 Å². The van der Waals surface area contributed by atoms with Crippen molar-refractivity contribution in [1.29, 1.82) is 0 Å². The Kier molecular flexibility index (Phi) is 5.60. The van der Waals surface area contributed by atoms with E-state index in [0.29, 0.717) is 37.8 Å². The number of amides is 2. The van der Waals surface area contributed by atoms with E-state index in [1.54, 1.807) is 40.2 Å². The lowest BCUT2D eigenvalue weighted by Crippen LogP contribution is -2.50. The molecule has 1 fully saturated rings. The van der Waals surface area contributed by atoms with E-state index >= 15 is 0 Å². The van der Waals surface area contributed by atoms with Gasteiger partial charge in [-0.1, -0.05) is 29.8 Å². The zero-order valence-corrected chi connectivity index (χ0v) is 15.5. The molecule has 1 aromatic heterocycles. The lowest BCUT2D eigenvalue weighted by Gasteiger charge is -2.33. The van der Waals surface area contributed by atoms with Crippen LogP contribution in [0.25, 0.3) is 16.2 Å². The molecule has 0 aliphatic carbocycles. The van der Waals surface area contributed by atoms with Gasteiger partial charge in [0.2, 0.25) is 5.91 Å². The Morgan fingerprint density at radius 2 is 1.88 bits per heavy atom. The molecule has 0 radical (unpaired) electrons. The van der Waals surface area contributed by atoms with Gasteiger partial charge in [0.15, 0.2) is 0 Å². The SMILES string of the molecule is CCOC(=O)N1CCN(C(=O)/C=C/c2sc3ccccc3c2Cl)CC1. The van der Waals surface area contributed by atoms with Gasteiger partial charge in [-0.2, -0.15) is 0 Å². The number of ether oxygens (including phenoxy) is 1. The summed E-state index contributed by atoms with van der Waals surface area (Å²) in [4.78, 5) is 28.3. The number of rotatable bonds is 3. The summed E-state index contributed by atoms with van der Waals surface area (Å²) in [7, 11) is 0. The second-order valence-corrected chi connectivity index (χ2v) is 7.08. The topological polar surface area (TPSA) is 49.9 Å². The minimum atomic E-state index is -0.317. The van der Waals surface area contributed by atoms with Crippen molar-refractivity contribution >= 4 is 51.1 Å². The molecule has 5 nitrogen and oxygen atoms in total. The second kappa shape index (κ2) is 7.89. The highest BCUT2D eigenvalue weighted by molar-refractivity contribution is 7.20. The zero-order valence-electron chi connectivity index (χ0n) is 13.9. The normalized spacial score (nSPS) is 15.1. The van der Waals surface area contributed by atoms with Crippen LogP contribution in [0.15, 0.2) is 30.3 Å². The summed E-state index contributed by atoms with van der Waals surface area (Å²) in [6.45, 7) is 4.12. The van der Waals surface area contributed by atoms with Gasteiger partial charge in [0.05, 0.1) is 11.6 Å². The summed E-state index contributed by atoms with van der Waals surface area (Å²) in [5.41, 5.74) is 0. The molecule has 0 bridgehead atoms. The first-order valence-corrected chi connectivity index (χ1v) is 9.35. The van der Waals surface area contributed by atoms with Gasteiger partial charge < -0.3 is 14.5 Å². The van der Waals surface area contributed by atoms with Gasteiger partial charge in [0.25, 0.3) is 0 Å². The van der Waals surface area contributed by atoms with Crippen LogP contribution in [0, 0.1) is 0 Å². The van der Waals surface area contributed by atoms with Gasteiger partial charge in [-0.25, -0.2) is 4.79 Å². The Bertz CT molecular complexity index is 810. The molecule has 0 unspecified atom stereocenters. The monoisotopic (exact) mass is 378 g/mol. The molecule has 1 saturated heterocycles. The molecule has 0 N–H and O–H groups in total. The van der Waals surface area contributed by atoms with Crippen LogP contribution in [0.2, 0.25) is 5.02 Å². The maximum absolute atomic E-state index is 12.4. The average molecular weight is 379 g/mol. The van der Waals surface area contributed by atoms with Crippen molar-refractivity contribution < 1.29 is 14.3 Å². The summed E-state index contributed by atoms with van der Waals surface area (Å²) in [5.74, 6) is -0.0722. The molecule has 0 spiro atoms. The average Bonchev–Trinajstić information content (AvgIpc) is 2.96. The van der Waals surface area contributed by atoms with Crippen LogP contribution in [0.5, 0.6) is 0 Å². The van der Waals surface area contributed by atoms with Crippen LogP contribution >= 0.6 is 22.9 Å². The largest absolute Gasteiger partial charge is 0.450 e. The number of carbonyl (C=O) groups is 2. The van der Waals surface area contributed by atoms with Crippen molar-refractivity contribution in [2.75, 3.05) is 32.8 Å². The predicted octanol–water partition coefficient (Wildman–Crippen LogP) is 3.87. The Hall–Kier alpha value is -2.05. The molecular formula is C18H19ClN2O3S. The van der Waals surface area contributed by atoms with Crippen LogP contribution in [-0.4, -0.2) is 54.6 Å². The molecule has 0 saturated carbocycles. The molecule has 3 rings (SSSR count). The molecule has 2 amide bonds. The van der Waals surface area contributed by atoms with Crippen molar-refractivity contribution in [2.24, 2.45) is 0 Å².